The van der Waals surface area contributed by atoms with Gasteiger partial charge in [0, 0.05) is 31.2 Å². The number of hydrogen-bond donors (Lipinski definition) is 3. The summed E-state index contributed by atoms with van der Waals surface area (Å²) in [6.45, 7) is 7.76. The van der Waals surface area contributed by atoms with Crippen LogP contribution in [0.2, 0.25) is 0 Å². The standard InChI is InChI=1S/C21H34N4O6S/c1-13(2)22-21(28)24(5)11-19-14(3)10-25(15(4)12-26)20(27)17-9-16(23-32(6,29)30)7-8-18(17)31-19/h7-9,13-15,19,23,26H,10-12H2,1-6H3,(H,22,28)/t14-,15-,19-/m0/s1. The molecule has 2 rings (SSSR count). The zero-order chi connectivity index (χ0) is 24.2. The lowest BCUT2D eigenvalue weighted by molar-refractivity contribution is 0.0366. The fourth-order valence-corrected chi connectivity index (χ4v) is 3.98. The van der Waals surface area contributed by atoms with Crippen LogP contribution in [0, 0.1) is 5.92 Å². The Bertz CT molecular complexity index is 936. The van der Waals surface area contributed by atoms with E-state index in [1.54, 1.807) is 24.9 Å². The van der Waals surface area contributed by atoms with Gasteiger partial charge in [0.25, 0.3) is 5.91 Å². The first-order valence-corrected chi connectivity index (χ1v) is 12.4. The van der Waals surface area contributed by atoms with E-state index >= 15 is 0 Å². The number of carbonyl (C=O) groups is 2. The monoisotopic (exact) mass is 470 g/mol. The van der Waals surface area contributed by atoms with Crippen LogP contribution in [-0.2, 0) is 10.0 Å². The maximum Gasteiger partial charge on any atom is 0.317 e. The lowest BCUT2D eigenvalue weighted by atomic mass is 9.99. The summed E-state index contributed by atoms with van der Waals surface area (Å²) in [6.07, 6.45) is 0.588. The number of ether oxygens (including phenoxy) is 1. The number of benzene rings is 1. The Morgan fingerprint density at radius 2 is 2.00 bits per heavy atom. The predicted octanol–water partition coefficient (Wildman–Crippen LogP) is 1.33. The number of nitrogens with zero attached hydrogens (tertiary/aromatic N) is 2. The van der Waals surface area contributed by atoms with Crippen molar-refractivity contribution in [3.05, 3.63) is 23.8 Å². The molecule has 0 aliphatic carbocycles. The van der Waals surface area contributed by atoms with Crippen LogP contribution < -0.4 is 14.8 Å². The molecule has 3 atom stereocenters. The molecule has 180 valence electrons. The molecule has 3 amide bonds. The van der Waals surface area contributed by atoms with Gasteiger partial charge in [-0.1, -0.05) is 6.92 Å². The van der Waals surface area contributed by atoms with Gasteiger partial charge in [-0.3, -0.25) is 9.52 Å². The van der Waals surface area contributed by atoms with E-state index in [9.17, 15) is 23.1 Å². The molecule has 1 heterocycles. The third kappa shape index (κ3) is 6.73. The first kappa shape index (κ1) is 25.7. The van der Waals surface area contributed by atoms with Crippen molar-refractivity contribution >= 4 is 27.6 Å². The molecular formula is C21H34N4O6S. The van der Waals surface area contributed by atoms with E-state index < -0.39 is 22.2 Å². The Labute approximate surface area is 190 Å². The van der Waals surface area contributed by atoms with Crippen LogP contribution in [0.15, 0.2) is 18.2 Å². The Balaban J connectivity index is 2.43. The normalized spacial score (nSPS) is 20.0. The number of fused-ring (bicyclic) bond motifs is 1. The molecule has 0 bridgehead atoms. The number of carbonyl (C=O) groups excluding carboxylic acids is 2. The fourth-order valence-electron chi connectivity index (χ4n) is 3.43. The number of aliphatic hydroxyl groups is 1. The van der Waals surface area contributed by atoms with Gasteiger partial charge in [-0.15, -0.1) is 0 Å². The third-order valence-electron chi connectivity index (χ3n) is 5.18. The van der Waals surface area contributed by atoms with Crippen molar-refractivity contribution in [3.63, 3.8) is 0 Å². The van der Waals surface area contributed by atoms with Crippen molar-refractivity contribution in [2.24, 2.45) is 5.92 Å². The second kappa shape index (κ2) is 10.4. The molecular weight excluding hydrogens is 436 g/mol. The zero-order valence-electron chi connectivity index (χ0n) is 19.5. The Morgan fingerprint density at radius 1 is 1.34 bits per heavy atom. The lowest BCUT2D eigenvalue weighted by Gasteiger charge is -2.38. The number of anilines is 1. The number of rotatable bonds is 7. The van der Waals surface area contributed by atoms with Crippen molar-refractivity contribution in [2.45, 2.75) is 45.9 Å². The summed E-state index contributed by atoms with van der Waals surface area (Å²) in [5.41, 5.74) is 0.420. The van der Waals surface area contributed by atoms with Gasteiger partial charge >= 0.3 is 6.03 Å². The molecule has 1 aliphatic heterocycles. The number of aliphatic hydroxyl groups excluding tert-OH is 1. The van der Waals surface area contributed by atoms with Gasteiger partial charge in [0.05, 0.1) is 31.0 Å². The molecule has 0 fully saturated rings. The average molecular weight is 471 g/mol. The summed E-state index contributed by atoms with van der Waals surface area (Å²) in [7, 11) is -1.86. The van der Waals surface area contributed by atoms with E-state index in [-0.39, 0.29) is 48.3 Å². The van der Waals surface area contributed by atoms with Gasteiger partial charge in [0.2, 0.25) is 10.0 Å². The molecule has 0 saturated carbocycles. The number of likely N-dealkylation sites (N-methyl/N-ethyl adjacent to an activating group) is 1. The summed E-state index contributed by atoms with van der Waals surface area (Å²) < 4.78 is 31.8. The molecule has 1 aromatic rings. The average Bonchev–Trinajstić information content (AvgIpc) is 2.68. The van der Waals surface area contributed by atoms with Crippen LogP contribution in [0.4, 0.5) is 10.5 Å². The largest absolute Gasteiger partial charge is 0.487 e. The first-order chi connectivity index (χ1) is 14.8. The smallest absolute Gasteiger partial charge is 0.317 e. The van der Waals surface area contributed by atoms with Crippen molar-refractivity contribution in [1.82, 2.24) is 15.1 Å². The van der Waals surface area contributed by atoms with E-state index in [2.05, 4.69) is 10.0 Å². The quantitative estimate of drug-likeness (QED) is 0.552. The van der Waals surface area contributed by atoms with E-state index in [0.29, 0.717) is 12.3 Å². The number of nitrogens with one attached hydrogen (secondary N) is 2. The summed E-state index contributed by atoms with van der Waals surface area (Å²) >= 11 is 0. The van der Waals surface area contributed by atoms with Crippen molar-refractivity contribution in [3.8, 4) is 5.75 Å². The SMILES string of the molecule is CC(C)NC(=O)N(C)C[C@@H]1Oc2ccc(NS(C)(=O)=O)cc2C(=O)N([C@@H](C)CO)C[C@@H]1C. The maximum absolute atomic E-state index is 13.3. The highest BCUT2D eigenvalue weighted by atomic mass is 32.2. The van der Waals surface area contributed by atoms with Crippen molar-refractivity contribution < 1.29 is 27.9 Å². The highest BCUT2D eigenvalue weighted by molar-refractivity contribution is 7.92. The van der Waals surface area contributed by atoms with Gasteiger partial charge in [0.1, 0.15) is 11.9 Å². The van der Waals surface area contributed by atoms with Gasteiger partial charge < -0.3 is 25.0 Å². The van der Waals surface area contributed by atoms with E-state index in [4.69, 9.17) is 4.74 Å². The molecule has 0 spiro atoms. The summed E-state index contributed by atoms with van der Waals surface area (Å²) in [4.78, 5) is 28.8. The molecule has 0 aromatic heterocycles. The van der Waals surface area contributed by atoms with E-state index in [0.717, 1.165) is 6.26 Å². The van der Waals surface area contributed by atoms with Gasteiger partial charge in [-0.05, 0) is 39.0 Å². The summed E-state index contributed by atoms with van der Waals surface area (Å²) in [5, 5.41) is 12.5. The van der Waals surface area contributed by atoms with Crippen LogP contribution in [0.1, 0.15) is 38.1 Å². The molecule has 0 saturated heterocycles. The summed E-state index contributed by atoms with van der Waals surface area (Å²) in [6, 6.07) is 3.79. The van der Waals surface area contributed by atoms with Gasteiger partial charge in [-0.2, -0.15) is 0 Å². The van der Waals surface area contributed by atoms with Crippen molar-refractivity contribution in [1.29, 1.82) is 0 Å². The van der Waals surface area contributed by atoms with Crippen LogP contribution in [0.5, 0.6) is 5.75 Å². The van der Waals surface area contributed by atoms with E-state index in [1.807, 2.05) is 20.8 Å². The molecule has 0 radical (unpaired) electrons. The first-order valence-electron chi connectivity index (χ1n) is 10.5. The van der Waals surface area contributed by atoms with Crippen LogP contribution in [0.25, 0.3) is 0 Å². The second-order valence-corrected chi connectivity index (χ2v) is 10.4. The second-order valence-electron chi connectivity index (χ2n) is 8.69. The Hall–Kier alpha value is -2.53. The van der Waals surface area contributed by atoms with Crippen LogP contribution >= 0.6 is 0 Å². The zero-order valence-corrected chi connectivity index (χ0v) is 20.3. The fraction of sp³-hybridized carbons (Fsp3) is 0.619. The molecule has 0 unspecified atom stereocenters. The highest BCUT2D eigenvalue weighted by Gasteiger charge is 2.34. The minimum atomic E-state index is -3.53. The Kier molecular flexibility index (Phi) is 8.35. The topological polar surface area (TPSA) is 128 Å². The third-order valence-corrected chi connectivity index (χ3v) is 5.79. The van der Waals surface area contributed by atoms with Crippen molar-refractivity contribution in [2.75, 3.05) is 37.7 Å². The maximum atomic E-state index is 13.3. The van der Waals surface area contributed by atoms with Gasteiger partial charge in [0.15, 0.2) is 0 Å². The number of sulfonamides is 1. The number of hydrogen-bond acceptors (Lipinski definition) is 6. The van der Waals surface area contributed by atoms with Gasteiger partial charge in [-0.25, -0.2) is 13.2 Å². The summed E-state index contributed by atoms with van der Waals surface area (Å²) in [5.74, 6) is -0.225. The molecule has 32 heavy (non-hydrogen) atoms. The minimum absolute atomic E-state index is 0.0133. The predicted molar refractivity (Wildman–Crippen MR) is 122 cm³/mol. The highest BCUT2D eigenvalue weighted by Crippen LogP contribution is 2.30. The molecule has 3 N–H and O–H groups in total. The molecule has 10 nitrogen and oxygen atoms in total. The minimum Gasteiger partial charge on any atom is -0.487 e. The van der Waals surface area contributed by atoms with Crippen LogP contribution in [-0.4, -0.2) is 86.4 Å². The number of amides is 3. The molecule has 1 aliphatic rings. The number of urea groups is 1. The molecule has 1 aromatic carbocycles. The van der Waals surface area contributed by atoms with Crippen LogP contribution in [0.3, 0.4) is 0 Å². The lowest BCUT2D eigenvalue weighted by Crippen LogP contribution is -2.51. The Morgan fingerprint density at radius 3 is 2.56 bits per heavy atom. The van der Waals surface area contributed by atoms with E-state index in [1.165, 1.54) is 17.0 Å². The molecule has 11 heteroatoms.